The quantitative estimate of drug-likeness (QED) is 0.204. The third-order valence-corrected chi connectivity index (χ3v) is 8.13. The van der Waals surface area contributed by atoms with Crippen molar-refractivity contribution >= 4 is 7.60 Å². The first-order valence-electron chi connectivity index (χ1n) is 13.4. The maximum atomic E-state index is 12.6. The van der Waals surface area contributed by atoms with E-state index in [9.17, 15) is 9.46 Å². The lowest BCUT2D eigenvalue weighted by molar-refractivity contribution is 0.301. The van der Waals surface area contributed by atoms with Crippen LogP contribution in [0.25, 0.3) is 0 Å². The Morgan fingerprint density at radius 2 is 1.62 bits per heavy atom. The van der Waals surface area contributed by atoms with Crippen molar-refractivity contribution in [2.75, 3.05) is 6.35 Å². The van der Waals surface area contributed by atoms with E-state index in [1.165, 1.54) is 22.3 Å². The van der Waals surface area contributed by atoms with Crippen LogP contribution in [0.1, 0.15) is 65.5 Å². The highest BCUT2D eigenvalue weighted by molar-refractivity contribution is 7.53. The van der Waals surface area contributed by atoms with E-state index in [2.05, 4.69) is 51.1 Å². The monoisotopic (exact) mass is 542 g/mol. The fourth-order valence-corrected chi connectivity index (χ4v) is 6.15. The third kappa shape index (κ3) is 6.55. The molecule has 202 valence electrons. The van der Waals surface area contributed by atoms with E-state index < -0.39 is 13.9 Å². The molecular formula is C33H35O5P. The molecule has 1 unspecified atom stereocenters. The highest BCUT2D eigenvalue weighted by Gasteiger charge is 2.28. The lowest BCUT2D eigenvalue weighted by Gasteiger charge is -2.20. The molecule has 1 N–H and O–H groups in total. The van der Waals surface area contributed by atoms with Gasteiger partial charge in [0.15, 0.2) is 6.35 Å². The molecule has 5 rings (SSSR count). The summed E-state index contributed by atoms with van der Waals surface area (Å²) in [6.07, 6.45) is 1.53. The first-order chi connectivity index (χ1) is 18.8. The van der Waals surface area contributed by atoms with Crippen LogP contribution in [0.5, 0.6) is 17.2 Å². The Hall–Kier alpha value is -3.53. The predicted octanol–water partition coefficient (Wildman–Crippen LogP) is 8.38. The third-order valence-electron chi connectivity index (χ3n) is 7.18. The molecule has 4 aromatic carbocycles. The minimum atomic E-state index is -3.95. The minimum absolute atomic E-state index is 0.292. The second-order valence-electron chi connectivity index (χ2n) is 10.4. The van der Waals surface area contributed by atoms with Crippen LogP contribution in [-0.4, -0.2) is 11.2 Å². The first-order valence-corrected chi connectivity index (χ1v) is 15.2. The maximum absolute atomic E-state index is 12.6. The van der Waals surface area contributed by atoms with Crippen molar-refractivity contribution < 1.29 is 23.5 Å². The van der Waals surface area contributed by atoms with Gasteiger partial charge >= 0.3 is 7.60 Å². The maximum Gasteiger partial charge on any atom is 0.413 e. The van der Waals surface area contributed by atoms with Gasteiger partial charge in [-0.15, -0.1) is 0 Å². The summed E-state index contributed by atoms with van der Waals surface area (Å²) < 4.78 is 29.8. The van der Waals surface area contributed by atoms with Gasteiger partial charge < -0.3 is 18.9 Å². The van der Waals surface area contributed by atoms with Crippen molar-refractivity contribution in [1.82, 2.24) is 0 Å². The molecule has 4 aromatic rings. The number of hydrogen-bond donors (Lipinski definition) is 1. The summed E-state index contributed by atoms with van der Waals surface area (Å²) in [6, 6.07) is 29.4. The van der Waals surface area contributed by atoms with Crippen LogP contribution in [0.4, 0.5) is 0 Å². The van der Waals surface area contributed by atoms with Gasteiger partial charge in [-0.3, -0.25) is 0 Å². The van der Waals surface area contributed by atoms with Crippen molar-refractivity contribution in [2.45, 2.75) is 52.1 Å². The molecule has 1 aliphatic rings. The SMILES string of the molecule is Cc1cc(OCP(=O)(O)Oc2ccccc2)cc2c1[C@@H](c1ccc(OCc3ccccc3)c(C(C)C)c1)CC2. The zero-order valence-corrected chi connectivity index (χ0v) is 23.6. The summed E-state index contributed by atoms with van der Waals surface area (Å²) in [5.74, 6) is 2.49. The first kappa shape index (κ1) is 27.1. The lowest BCUT2D eigenvalue weighted by Crippen LogP contribution is -2.06. The molecule has 0 spiro atoms. The van der Waals surface area contributed by atoms with Gasteiger partial charge in [-0.2, -0.15) is 0 Å². The molecule has 0 bridgehead atoms. The van der Waals surface area contributed by atoms with Crippen LogP contribution in [0, 0.1) is 6.92 Å². The zero-order valence-electron chi connectivity index (χ0n) is 22.7. The Morgan fingerprint density at radius 3 is 2.33 bits per heavy atom. The topological polar surface area (TPSA) is 65.0 Å². The van der Waals surface area contributed by atoms with Crippen LogP contribution in [0.15, 0.2) is 91.0 Å². The molecule has 0 amide bonds. The van der Waals surface area contributed by atoms with Crippen LogP contribution >= 0.6 is 7.60 Å². The molecule has 39 heavy (non-hydrogen) atoms. The van der Waals surface area contributed by atoms with Crippen molar-refractivity contribution in [1.29, 1.82) is 0 Å². The molecule has 0 aliphatic heterocycles. The van der Waals surface area contributed by atoms with Gasteiger partial charge in [-0.05, 0) is 89.4 Å². The summed E-state index contributed by atoms with van der Waals surface area (Å²) in [4.78, 5) is 10.3. The minimum Gasteiger partial charge on any atom is -0.489 e. The van der Waals surface area contributed by atoms with E-state index in [-0.39, 0.29) is 0 Å². The van der Waals surface area contributed by atoms with Gasteiger partial charge in [0.1, 0.15) is 23.9 Å². The molecule has 0 saturated heterocycles. The molecule has 1 aliphatic carbocycles. The molecule has 0 aromatic heterocycles. The van der Waals surface area contributed by atoms with Crippen LogP contribution in [0.2, 0.25) is 0 Å². The lowest BCUT2D eigenvalue weighted by atomic mass is 9.87. The van der Waals surface area contributed by atoms with Gasteiger partial charge in [0.2, 0.25) is 0 Å². The molecule has 2 atom stereocenters. The van der Waals surface area contributed by atoms with Gasteiger partial charge in [-0.1, -0.05) is 74.5 Å². The zero-order chi connectivity index (χ0) is 27.4. The molecule has 0 radical (unpaired) electrons. The molecule has 0 saturated carbocycles. The summed E-state index contributed by atoms with van der Waals surface area (Å²) in [7, 11) is -3.95. The van der Waals surface area contributed by atoms with E-state index in [0.717, 1.165) is 29.7 Å². The van der Waals surface area contributed by atoms with E-state index in [0.29, 0.717) is 29.9 Å². The van der Waals surface area contributed by atoms with Crippen LogP contribution in [-0.2, 0) is 17.6 Å². The number of rotatable bonds is 10. The van der Waals surface area contributed by atoms with Crippen molar-refractivity contribution in [3.8, 4) is 17.2 Å². The Balaban J connectivity index is 1.31. The Labute approximate surface area is 230 Å². The summed E-state index contributed by atoms with van der Waals surface area (Å²) in [6.45, 7) is 7.04. The standard InChI is InChI=1S/C33H35O5P/c1-23(2)31-20-26(15-17-32(31)36-21-25-10-6-4-7-11-25)30-16-14-27-19-29(18-24(3)33(27)30)37-22-39(34,35)38-28-12-8-5-9-13-28/h4-13,15,17-20,23,30H,14,16,21-22H2,1-3H3,(H,34,35)/t30-/m1/s1. The number of benzene rings is 4. The number of ether oxygens (including phenoxy) is 2. The molecule has 5 nitrogen and oxygen atoms in total. The van der Waals surface area contributed by atoms with Crippen LogP contribution in [0.3, 0.4) is 0 Å². The molecule has 0 fully saturated rings. The normalized spacial score (nSPS) is 16.0. The number of fused-ring (bicyclic) bond motifs is 1. The second kappa shape index (κ2) is 11.7. The fourth-order valence-electron chi connectivity index (χ4n) is 5.33. The largest absolute Gasteiger partial charge is 0.489 e. The predicted molar refractivity (Wildman–Crippen MR) is 155 cm³/mol. The number of para-hydroxylation sites is 1. The smallest absolute Gasteiger partial charge is 0.413 e. The van der Waals surface area contributed by atoms with Crippen molar-refractivity contribution in [3.05, 3.63) is 124 Å². The van der Waals surface area contributed by atoms with Gasteiger partial charge in [-0.25, -0.2) is 4.57 Å². The van der Waals surface area contributed by atoms with Crippen molar-refractivity contribution in [3.63, 3.8) is 0 Å². The van der Waals surface area contributed by atoms with Crippen molar-refractivity contribution in [2.24, 2.45) is 0 Å². The van der Waals surface area contributed by atoms with E-state index in [4.69, 9.17) is 14.0 Å². The highest BCUT2D eigenvalue weighted by atomic mass is 31.2. The Kier molecular flexibility index (Phi) is 8.11. The number of hydrogen-bond acceptors (Lipinski definition) is 4. The highest BCUT2D eigenvalue weighted by Crippen LogP contribution is 2.45. The van der Waals surface area contributed by atoms with E-state index >= 15 is 0 Å². The summed E-state index contributed by atoms with van der Waals surface area (Å²) in [5.41, 5.74) is 7.32. The van der Waals surface area contributed by atoms with Gasteiger partial charge in [0.25, 0.3) is 0 Å². The average Bonchev–Trinajstić information content (AvgIpc) is 3.36. The fraction of sp³-hybridized carbons (Fsp3) is 0.273. The number of aryl methyl sites for hydroxylation is 2. The molecule has 6 heteroatoms. The summed E-state index contributed by atoms with van der Waals surface area (Å²) in [5, 5.41) is 0. The molecular weight excluding hydrogens is 507 g/mol. The van der Waals surface area contributed by atoms with Gasteiger partial charge in [0, 0.05) is 5.92 Å². The summed E-state index contributed by atoms with van der Waals surface area (Å²) >= 11 is 0. The van der Waals surface area contributed by atoms with Gasteiger partial charge in [0.05, 0.1) is 0 Å². The van der Waals surface area contributed by atoms with Crippen LogP contribution < -0.4 is 14.0 Å². The van der Waals surface area contributed by atoms with E-state index in [1.54, 1.807) is 24.3 Å². The molecule has 0 heterocycles. The second-order valence-corrected chi connectivity index (χ2v) is 12.2. The Bertz CT molecular complexity index is 1470. The van der Waals surface area contributed by atoms with E-state index in [1.807, 2.05) is 36.4 Å². The average molecular weight is 543 g/mol. The Morgan fingerprint density at radius 1 is 0.897 bits per heavy atom.